The summed E-state index contributed by atoms with van der Waals surface area (Å²) >= 11 is 0. The van der Waals surface area contributed by atoms with Gasteiger partial charge in [-0.2, -0.15) is 0 Å². The van der Waals surface area contributed by atoms with Crippen molar-refractivity contribution in [3.8, 4) is 5.75 Å². The fraction of sp³-hybridized carbons (Fsp3) is 0.611. The van der Waals surface area contributed by atoms with E-state index < -0.39 is 0 Å². The van der Waals surface area contributed by atoms with Crippen LogP contribution in [0.3, 0.4) is 0 Å². The number of halogens is 1. The molecule has 5 heteroatoms. The van der Waals surface area contributed by atoms with Crippen LogP contribution in [0.2, 0.25) is 0 Å². The van der Waals surface area contributed by atoms with Crippen molar-refractivity contribution in [3.63, 3.8) is 0 Å². The Balaban J connectivity index is 0.00000484. The van der Waals surface area contributed by atoms with Gasteiger partial charge in [0.2, 0.25) is 5.91 Å². The third-order valence-electron chi connectivity index (χ3n) is 3.71. The van der Waals surface area contributed by atoms with Crippen molar-refractivity contribution in [1.29, 1.82) is 0 Å². The number of hydrogen-bond donors (Lipinski definition) is 1. The smallest absolute Gasteiger partial charge is 0.226 e. The molecular weight excluding hydrogens is 312 g/mol. The Morgan fingerprint density at radius 2 is 1.91 bits per heavy atom. The number of nitrogens with two attached hydrogens (primary N) is 1. The lowest BCUT2D eigenvalue weighted by Gasteiger charge is -2.21. The number of benzene rings is 1. The first-order valence-corrected chi connectivity index (χ1v) is 8.04. The molecule has 1 rings (SSSR count). The second kappa shape index (κ2) is 10.5. The summed E-state index contributed by atoms with van der Waals surface area (Å²) in [6.45, 7) is 8.88. The summed E-state index contributed by atoms with van der Waals surface area (Å²) in [6.07, 6.45) is 1.35. The molecule has 132 valence electrons. The molecule has 1 unspecified atom stereocenters. The van der Waals surface area contributed by atoms with E-state index in [1.54, 1.807) is 4.90 Å². The zero-order chi connectivity index (χ0) is 16.7. The number of likely N-dealkylation sites (N-methyl/N-ethyl adjacent to an activating group) is 1. The maximum atomic E-state index is 12.3. The summed E-state index contributed by atoms with van der Waals surface area (Å²) in [6, 6.07) is 7.87. The lowest BCUT2D eigenvalue weighted by Crippen LogP contribution is -2.35. The van der Waals surface area contributed by atoms with E-state index in [1.807, 2.05) is 45.2 Å². The molecule has 0 fully saturated rings. The fourth-order valence-corrected chi connectivity index (χ4v) is 2.11. The quantitative estimate of drug-likeness (QED) is 0.788. The number of amides is 1. The molecule has 1 aromatic carbocycles. The predicted molar refractivity (Wildman–Crippen MR) is 98.2 cm³/mol. The molecule has 0 saturated heterocycles. The number of rotatable bonds is 8. The largest absolute Gasteiger partial charge is 0.491 e. The molecule has 0 spiro atoms. The predicted octanol–water partition coefficient (Wildman–Crippen LogP) is 3.27. The molecule has 1 atom stereocenters. The van der Waals surface area contributed by atoms with Crippen molar-refractivity contribution in [2.75, 3.05) is 13.6 Å². The lowest BCUT2D eigenvalue weighted by atomic mass is 10.0. The first-order chi connectivity index (χ1) is 10.3. The minimum atomic E-state index is 0. The summed E-state index contributed by atoms with van der Waals surface area (Å²) in [5.41, 5.74) is 7.00. The molecule has 0 bridgehead atoms. The summed E-state index contributed by atoms with van der Waals surface area (Å²) < 4.78 is 5.66. The highest BCUT2D eigenvalue weighted by atomic mass is 35.5. The molecule has 1 amide bonds. The topological polar surface area (TPSA) is 55.6 Å². The van der Waals surface area contributed by atoms with Gasteiger partial charge in [-0.05, 0) is 43.9 Å². The van der Waals surface area contributed by atoms with Gasteiger partial charge in [0.15, 0.2) is 0 Å². The summed E-state index contributed by atoms with van der Waals surface area (Å²) in [7, 11) is 1.84. The monoisotopic (exact) mass is 342 g/mol. The fourth-order valence-electron chi connectivity index (χ4n) is 2.11. The van der Waals surface area contributed by atoms with Gasteiger partial charge in [-0.25, -0.2) is 0 Å². The van der Waals surface area contributed by atoms with Crippen LogP contribution in [0.1, 0.15) is 39.7 Å². The average molecular weight is 343 g/mol. The van der Waals surface area contributed by atoms with Gasteiger partial charge < -0.3 is 15.4 Å². The number of hydrogen-bond acceptors (Lipinski definition) is 3. The van der Waals surface area contributed by atoms with Crippen LogP contribution >= 0.6 is 12.4 Å². The number of ether oxygens (including phenoxy) is 1. The van der Waals surface area contributed by atoms with E-state index in [4.69, 9.17) is 10.5 Å². The molecule has 0 aliphatic carbocycles. The molecule has 2 N–H and O–H groups in total. The van der Waals surface area contributed by atoms with Crippen molar-refractivity contribution < 1.29 is 9.53 Å². The third-order valence-corrected chi connectivity index (χ3v) is 3.71. The highest BCUT2D eigenvalue weighted by Crippen LogP contribution is 2.16. The van der Waals surface area contributed by atoms with Crippen molar-refractivity contribution >= 4 is 18.3 Å². The second-order valence-corrected chi connectivity index (χ2v) is 6.50. The van der Waals surface area contributed by atoms with Gasteiger partial charge in [-0.3, -0.25) is 4.79 Å². The van der Waals surface area contributed by atoms with E-state index in [-0.39, 0.29) is 30.5 Å². The van der Waals surface area contributed by atoms with E-state index >= 15 is 0 Å². The van der Waals surface area contributed by atoms with Gasteiger partial charge in [0.25, 0.3) is 0 Å². The molecule has 0 aromatic heterocycles. The molecule has 0 aliphatic heterocycles. The van der Waals surface area contributed by atoms with Crippen molar-refractivity contribution in [1.82, 2.24) is 4.90 Å². The molecule has 1 aromatic rings. The molecule has 0 saturated carbocycles. The average Bonchev–Trinajstić information content (AvgIpc) is 2.43. The van der Waals surface area contributed by atoms with Crippen LogP contribution in [0, 0.1) is 5.92 Å². The van der Waals surface area contributed by atoms with Crippen LogP contribution < -0.4 is 10.5 Å². The Kier molecular flexibility index (Phi) is 9.93. The van der Waals surface area contributed by atoms with Crippen LogP contribution in [0.4, 0.5) is 0 Å². The molecule has 0 radical (unpaired) electrons. The zero-order valence-corrected chi connectivity index (χ0v) is 15.7. The van der Waals surface area contributed by atoms with E-state index in [9.17, 15) is 4.79 Å². The Morgan fingerprint density at radius 1 is 1.26 bits per heavy atom. The van der Waals surface area contributed by atoms with Gasteiger partial charge >= 0.3 is 0 Å². The number of carbonyl (C=O) groups excluding carboxylic acids is 1. The summed E-state index contributed by atoms with van der Waals surface area (Å²) in [5.74, 6) is 1.36. The zero-order valence-electron chi connectivity index (χ0n) is 14.9. The van der Waals surface area contributed by atoms with Crippen molar-refractivity contribution in [2.24, 2.45) is 11.7 Å². The normalized spacial score (nSPS) is 12.0. The van der Waals surface area contributed by atoms with E-state index in [2.05, 4.69) is 13.8 Å². The first kappa shape index (κ1) is 21.7. The number of nitrogens with zero attached hydrogens (tertiary/aromatic N) is 1. The minimum absolute atomic E-state index is 0. The van der Waals surface area contributed by atoms with E-state index in [0.717, 1.165) is 17.7 Å². The molecular formula is C18H31ClN2O2. The van der Waals surface area contributed by atoms with Crippen LogP contribution in [0.15, 0.2) is 24.3 Å². The Bertz CT molecular complexity index is 478. The van der Waals surface area contributed by atoms with Gasteiger partial charge in [0, 0.05) is 19.6 Å². The maximum absolute atomic E-state index is 12.3. The second-order valence-electron chi connectivity index (χ2n) is 6.50. The number of carbonyl (C=O) groups is 1. The van der Waals surface area contributed by atoms with Gasteiger partial charge in [0.05, 0.1) is 12.5 Å². The lowest BCUT2D eigenvalue weighted by molar-refractivity contribution is -0.129. The third kappa shape index (κ3) is 8.24. The van der Waals surface area contributed by atoms with Gasteiger partial charge in [0.1, 0.15) is 5.75 Å². The molecule has 0 heterocycles. The Hall–Kier alpha value is -1.26. The summed E-state index contributed by atoms with van der Waals surface area (Å²) in [5, 5.41) is 0. The standard InChI is InChI=1S/C18H30N2O2.ClH/c1-13(2)17(19)9-10-20(5)18(21)12-15-7-6-8-16(11-15)22-14(3)4;/h6-8,11,13-14,17H,9-10,12,19H2,1-5H3;1H. The highest BCUT2D eigenvalue weighted by Gasteiger charge is 2.13. The van der Waals surface area contributed by atoms with Crippen molar-refractivity contribution in [2.45, 2.75) is 52.7 Å². The van der Waals surface area contributed by atoms with Crippen LogP contribution in [-0.2, 0) is 11.2 Å². The van der Waals surface area contributed by atoms with E-state index in [0.29, 0.717) is 18.9 Å². The van der Waals surface area contributed by atoms with Crippen LogP contribution in [0.5, 0.6) is 5.75 Å². The molecule has 4 nitrogen and oxygen atoms in total. The maximum Gasteiger partial charge on any atom is 0.226 e. The molecule has 0 aliphatic rings. The van der Waals surface area contributed by atoms with Crippen LogP contribution in [0.25, 0.3) is 0 Å². The van der Waals surface area contributed by atoms with E-state index in [1.165, 1.54) is 0 Å². The van der Waals surface area contributed by atoms with Gasteiger partial charge in [-0.15, -0.1) is 12.4 Å². The highest BCUT2D eigenvalue weighted by molar-refractivity contribution is 5.85. The van der Waals surface area contributed by atoms with Gasteiger partial charge in [-0.1, -0.05) is 26.0 Å². The SMILES string of the molecule is CC(C)Oc1cccc(CC(=O)N(C)CCC(N)C(C)C)c1.Cl. The Labute approximate surface area is 146 Å². The van der Waals surface area contributed by atoms with Crippen molar-refractivity contribution in [3.05, 3.63) is 29.8 Å². The Morgan fingerprint density at radius 3 is 2.48 bits per heavy atom. The molecule has 23 heavy (non-hydrogen) atoms. The summed E-state index contributed by atoms with van der Waals surface area (Å²) in [4.78, 5) is 14.0. The first-order valence-electron chi connectivity index (χ1n) is 8.04. The minimum Gasteiger partial charge on any atom is -0.491 e. The van der Waals surface area contributed by atoms with Crippen LogP contribution in [-0.4, -0.2) is 36.5 Å².